The number of nitrogens with one attached hydrogen (secondary N) is 1. The number of fused-ring (bicyclic) bond motifs is 4. The van der Waals surface area contributed by atoms with Crippen molar-refractivity contribution < 1.29 is 4.79 Å². The number of rotatable bonds is 2. The second kappa shape index (κ2) is 5.62. The Labute approximate surface area is 115 Å². The van der Waals surface area contributed by atoms with Crippen molar-refractivity contribution in [3.8, 4) is 0 Å². The van der Waals surface area contributed by atoms with E-state index in [1.54, 1.807) is 0 Å². The van der Waals surface area contributed by atoms with Gasteiger partial charge in [-0.25, -0.2) is 0 Å². The maximum atomic E-state index is 12.0. The molecule has 0 aliphatic carbocycles. The summed E-state index contributed by atoms with van der Waals surface area (Å²) in [6, 6.07) is 1.07. The third kappa shape index (κ3) is 2.30. The van der Waals surface area contributed by atoms with Crippen LogP contribution in [0.2, 0.25) is 0 Å². The lowest BCUT2D eigenvalue weighted by Crippen LogP contribution is -2.62. The Balaban J connectivity index is 0.00000120. The summed E-state index contributed by atoms with van der Waals surface area (Å²) in [5.41, 5.74) is 0. The van der Waals surface area contributed by atoms with E-state index >= 15 is 0 Å². The molecule has 3 fully saturated rings. The smallest absolute Gasteiger partial charge is 0.222 e. The average Bonchev–Trinajstić information content (AvgIpc) is 2.34. The minimum atomic E-state index is 0. The molecule has 0 aromatic heterocycles. The molecule has 0 aromatic carbocycles. The number of hydrogen-bond acceptors (Lipinski definition) is 2. The normalized spacial score (nSPS) is 38.7. The van der Waals surface area contributed by atoms with Gasteiger partial charge in [0.15, 0.2) is 0 Å². The Bertz CT molecular complexity index is 334. The summed E-state index contributed by atoms with van der Waals surface area (Å²) in [5, 5.41) is 3.66. The highest BCUT2D eigenvalue weighted by Gasteiger charge is 2.44. The Morgan fingerprint density at radius 2 is 2.28 bits per heavy atom. The van der Waals surface area contributed by atoms with Crippen LogP contribution in [0.4, 0.5) is 0 Å². The molecule has 0 aromatic rings. The second-order valence-corrected chi connectivity index (χ2v) is 5.80. The van der Waals surface area contributed by atoms with Crippen LogP contribution in [0.25, 0.3) is 0 Å². The van der Waals surface area contributed by atoms with Crippen molar-refractivity contribution in [1.29, 1.82) is 0 Å². The molecular formula is C14H23ClN2O. The van der Waals surface area contributed by atoms with Crippen LogP contribution in [0, 0.1) is 11.8 Å². The van der Waals surface area contributed by atoms with Gasteiger partial charge in [0.1, 0.15) is 0 Å². The zero-order valence-corrected chi connectivity index (χ0v) is 11.6. The molecule has 3 rings (SSSR count). The van der Waals surface area contributed by atoms with Crippen molar-refractivity contribution >= 4 is 18.3 Å². The predicted molar refractivity (Wildman–Crippen MR) is 74.8 cm³/mol. The maximum Gasteiger partial charge on any atom is 0.222 e. The first-order valence-electron chi connectivity index (χ1n) is 6.93. The number of piperidine rings is 3. The van der Waals surface area contributed by atoms with E-state index < -0.39 is 0 Å². The number of carbonyl (C=O) groups is 1. The number of hydrogen-bond donors (Lipinski definition) is 1. The van der Waals surface area contributed by atoms with Gasteiger partial charge in [0.2, 0.25) is 5.91 Å². The summed E-state index contributed by atoms with van der Waals surface area (Å²) in [6.45, 7) is 5.90. The third-order valence-corrected chi connectivity index (χ3v) is 4.82. The Kier molecular flexibility index (Phi) is 4.33. The molecule has 0 unspecified atom stereocenters. The fraction of sp³-hybridized carbons (Fsp3) is 0.786. The standard InChI is InChI=1S/C14H22N2O.ClH/c1-2-4-12-11-7-10(8-15-12)13-5-3-6-14(17)16(13)9-11;/h2,10-13,15H,1,3-9H2;1H/t10-,11-,12-,13+;/m0./s1. The summed E-state index contributed by atoms with van der Waals surface area (Å²) >= 11 is 0. The van der Waals surface area contributed by atoms with Gasteiger partial charge < -0.3 is 10.2 Å². The van der Waals surface area contributed by atoms with E-state index in [0.717, 1.165) is 32.4 Å². The minimum absolute atomic E-state index is 0. The highest BCUT2D eigenvalue weighted by atomic mass is 35.5. The summed E-state index contributed by atoms with van der Waals surface area (Å²) in [5.74, 6) is 1.74. The molecule has 3 aliphatic rings. The molecule has 3 saturated heterocycles. The van der Waals surface area contributed by atoms with Gasteiger partial charge in [0.05, 0.1) is 0 Å². The zero-order chi connectivity index (χ0) is 11.8. The molecule has 18 heavy (non-hydrogen) atoms. The van der Waals surface area contributed by atoms with Crippen LogP contribution in [0.1, 0.15) is 32.1 Å². The van der Waals surface area contributed by atoms with E-state index in [9.17, 15) is 4.79 Å². The van der Waals surface area contributed by atoms with Crippen LogP contribution < -0.4 is 5.32 Å². The first-order chi connectivity index (χ1) is 8.29. The summed E-state index contributed by atoms with van der Waals surface area (Å²) in [6.07, 6.45) is 7.43. The lowest BCUT2D eigenvalue weighted by Gasteiger charge is -2.52. The van der Waals surface area contributed by atoms with Crippen molar-refractivity contribution in [2.75, 3.05) is 13.1 Å². The van der Waals surface area contributed by atoms with Crippen molar-refractivity contribution in [3.63, 3.8) is 0 Å². The van der Waals surface area contributed by atoms with E-state index in [1.807, 2.05) is 6.08 Å². The Morgan fingerprint density at radius 1 is 1.44 bits per heavy atom. The molecule has 4 atom stereocenters. The molecule has 3 aliphatic heterocycles. The predicted octanol–water partition coefficient (Wildman–Crippen LogP) is 1.97. The minimum Gasteiger partial charge on any atom is -0.339 e. The molecule has 2 bridgehead atoms. The van der Waals surface area contributed by atoms with Crippen LogP contribution in [0.3, 0.4) is 0 Å². The molecule has 0 spiro atoms. The lowest BCUT2D eigenvalue weighted by molar-refractivity contribution is -0.143. The Morgan fingerprint density at radius 3 is 3.06 bits per heavy atom. The second-order valence-electron chi connectivity index (χ2n) is 5.80. The van der Waals surface area contributed by atoms with Gasteiger partial charge in [0, 0.05) is 31.6 Å². The van der Waals surface area contributed by atoms with Gasteiger partial charge in [-0.05, 0) is 37.5 Å². The van der Waals surface area contributed by atoms with Gasteiger partial charge >= 0.3 is 0 Å². The van der Waals surface area contributed by atoms with Crippen LogP contribution in [-0.4, -0.2) is 36.0 Å². The molecule has 4 heteroatoms. The SMILES string of the molecule is C=CC[C@@H]1NC[C@@H]2C[C@H]1CN1C(=O)CCC[C@H]21.Cl. The monoisotopic (exact) mass is 270 g/mol. The fourth-order valence-corrected chi connectivity index (χ4v) is 3.98. The van der Waals surface area contributed by atoms with Crippen LogP contribution in [0.5, 0.6) is 0 Å². The fourth-order valence-electron chi connectivity index (χ4n) is 3.98. The van der Waals surface area contributed by atoms with Gasteiger partial charge in [-0.1, -0.05) is 6.08 Å². The molecule has 3 heterocycles. The highest BCUT2D eigenvalue weighted by molar-refractivity contribution is 5.85. The molecular weight excluding hydrogens is 248 g/mol. The van der Waals surface area contributed by atoms with Crippen molar-refractivity contribution in [2.24, 2.45) is 11.8 Å². The van der Waals surface area contributed by atoms with E-state index in [4.69, 9.17) is 0 Å². The van der Waals surface area contributed by atoms with Crippen molar-refractivity contribution in [2.45, 2.75) is 44.2 Å². The number of nitrogens with zero attached hydrogens (tertiary/aromatic N) is 1. The van der Waals surface area contributed by atoms with E-state index in [-0.39, 0.29) is 12.4 Å². The van der Waals surface area contributed by atoms with Gasteiger partial charge in [-0.2, -0.15) is 0 Å². The quantitative estimate of drug-likeness (QED) is 0.778. The molecule has 3 nitrogen and oxygen atoms in total. The molecule has 1 N–H and O–H groups in total. The first-order valence-corrected chi connectivity index (χ1v) is 6.93. The molecule has 0 saturated carbocycles. The van der Waals surface area contributed by atoms with Crippen LogP contribution in [-0.2, 0) is 4.79 Å². The van der Waals surface area contributed by atoms with Gasteiger partial charge in [-0.15, -0.1) is 19.0 Å². The topological polar surface area (TPSA) is 32.3 Å². The van der Waals surface area contributed by atoms with Crippen molar-refractivity contribution in [1.82, 2.24) is 10.2 Å². The zero-order valence-electron chi connectivity index (χ0n) is 10.8. The largest absolute Gasteiger partial charge is 0.339 e. The van der Waals surface area contributed by atoms with E-state index in [2.05, 4.69) is 16.8 Å². The summed E-state index contributed by atoms with van der Waals surface area (Å²) < 4.78 is 0. The maximum absolute atomic E-state index is 12.0. The number of amides is 1. The first kappa shape index (κ1) is 13.9. The molecule has 1 amide bonds. The van der Waals surface area contributed by atoms with Crippen LogP contribution in [0.15, 0.2) is 12.7 Å². The van der Waals surface area contributed by atoms with E-state index in [1.165, 1.54) is 12.8 Å². The van der Waals surface area contributed by atoms with Gasteiger partial charge in [0.25, 0.3) is 0 Å². The molecule has 102 valence electrons. The van der Waals surface area contributed by atoms with Crippen LogP contribution >= 0.6 is 12.4 Å². The van der Waals surface area contributed by atoms with Gasteiger partial charge in [-0.3, -0.25) is 4.79 Å². The summed E-state index contributed by atoms with van der Waals surface area (Å²) in [4.78, 5) is 14.2. The number of carbonyl (C=O) groups excluding carboxylic acids is 1. The summed E-state index contributed by atoms with van der Waals surface area (Å²) in [7, 11) is 0. The Hall–Kier alpha value is -0.540. The third-order valence-electron chi connectivity index (χ3n) is 4.82. The number of halogens is 1. The van der Waals surface area contributed by atoms with Crippen molar-refractivity contribution in [3.05, 3.63) is 12.7 Å². The molecule has 0 radical (unpaired) electrons. The highest BCUT2D eigenvalue weighted by Crippen LogP contribution is 2.38. The lowest BCUT2D eigenvalue weighted by atomic mass is 9.73. The average molecular weight is 271 g/mol. The van der Waals surface area contributed by atoms with E-state index in [0.29, 0.717) is 29.8 Å².